The van der Waals surface area contributed by atoms with Crippen molar-refractivity contribution in [3.63, 3.8) is 0 Å². The fraction of sp³-hybridized carbons (Fsp3) is 0.900. The van der Waals surface area contributed by atoms with Crippen molar-refractivity contribution in [1.29, 1.82) is 0 Å². The number of carboxylic acid groups (broad SMARTS) is 1. The van der Waals surface area contributed by atoms with Gasteiger partial charge in [0.1, 0.15) is 0 Å². The quantitative estimate of drug-likeness (QED) is 0.281. The Balaban J connectivity index is 1.48. The fourth-order valence-corrected chi connectivity index (χ4v) is 9.83. The molecule has 0 saturated heterocycles. The van der Waals surface area contributed by atoms with Crippen molar-refractivity contribution in [2.75, 3.05) is 5.88 Å². The van der Waals surface area contributed by atoms with Crippen LogP contribution in [0.2, 0.25) is 0 Å². The second-order valence-corrected chi connectivity index (χ2v) is 13.7. The van der Waals surface area contributed by atoms with E-state index in [-0.39, 0.29) is 17.2 Å². The predicted octanol–water partition coefficient (Wildman–Crippen LogP) is 8.58. The summed E-state index contributed by atoms with van der Waals surface area (Å²) in [4.78, 5) is 11.7. The van der Waals surface area contributed by atoms with Crippen LogP contribution < -0.4 is 0 Å². The summed E-state index contributed by atoms with van der Waals surface area (Å²) in [5, 5.41) is 9.65. The zero-order valence-corrected chi connectivity index (χ0v) is 22.7. The highest BCUT2D eigenvalue weighted by molar-refractivity contribution is 6.19. The van der Waals surface area contributed by atoms with E-state index in [1.54, 1.807) is 5.57 Å². The average molecular weight is 477 g/mol. The Morgan fingerprint density at radius 3 is 2.52 bits per heavy atom. The lowest BCUT2D eigenvalue weighted by Gasteiger charge is -2.59. The minimum atomic E-state index is -0.708. The van der Waals surface area contributed by atoms with Gasteiger partial charge < -0.3 is 5.11 Å². The first-order valence-corrected chi connectivity index (χ1v) is 14.6. The zero-order chi connectivity index (χ0) is 24.0. The summed E-state index contributed by atoms with van der Waals surface area (Å²) >= 11 is 6.08. The number of hydrogen-bond donors (Lipinski definition) is 1. The zero-order valence-electron chi connectivity index (χ0n) is 21.9. The summed E-state index contributed by atoms with van der Waals surface area (Å²) < 4.78 is 0. The Hall–Kier alpha value is -0.500. The lowest BCUT2D eigenvalue weighted by Crippen LogP contribution is -2.51. The van der Waals surface area contributed by atoms with Crippen molar-refractivity contribution >= 4 is 17.6 Å². The summed E-state index contributed by atoms with van der Waals surface area (Å²) in [6, 6.07) is 0. The van der Waals surface area contributed by atoms with Gasteiger partial charge in [0.2, 0.25) is 0 Å². The van der Waals surface area contributed by atoms with E-state index >= 15 is 0 Å². The van der Waals surface area contributed by atoms with E-state index in [1.165, 1.54) is 51.4 Å². The molecular weight excluding hydrogens is 428 g/mol. The number of carboxylic acids is 1. The van der Waals surface area contributed by atoms with Gasteiger partial charge in [-0.1, -0.05) is 65.5 Å². The predicted molar refractivity (Wildman–Crippen MR) is 138 cm³/mol. The smallest absolute Gasteiger partial charge is 0.307 e. The SMILES string of the molecule is CC(C)CCC[C@@H](C)[C@H]1CC[C@H]2[C@@H]3CC=C4C[C@@H](C(CCl)C(=O)O)CC[C@]4(C)[C@H]3CC[C@]12C. The molecule has 0 amide bonds. The van der Waals surface area contributed by atoms with Crippen LogP contribution in [0.25, 0.3) is 0 Å². The van der Waals surface area contributed by atoms with Gasteiger partial charge in [0.25, 0.3) is 0 Å². The summed E-state index contributed by atoms with van der Waals surface area (Å²) in [6.07, 6.45) is 16.8. The molecule has 4 aliphatic rings. The molecule has 1 N–H and O–H groups in total. The number of aliphatic carboxylic acids is 1. The van der Waals surface area contributed by atoms with Crippen LogP contribution in [0, 0.1) is 58.2 Å². The molecule has 188 valence electrons. The lowest BCUT2D eigenvalue weighted by molar-refractivity contribution is -0.143. The molecule has 0 aromatic heterocycles. The van der Waals surface area contributed by atoms with Gasteiger partial charge in [-0.3, -0.25) is 4.79 Å². The third-order valence-electron chi connectivity index (χ3n) is 11.4. The number of hydrogen-bond acceptors (Lipinski definition) is 1. The van der Waals surface area contributed by atoms with Crippen molar-refractivity contribution in [3.05, 3.63) is 11.6 Å². The third-order valence-corrected chi connectivity index (χ3v) is 11.7. The Labute approximate surface area is 208 Å². The van der Waals surface area contributed by atoms with Crippen LogP contribution in [-0.2, 0) is 4.79 Å². The highest BCUT2D eigenvalue weighted by Gasteiger charge is 2.59. The standard InChI is InChI=1S/C30H49ClO2/c1-19(2)7-6-8-20(3)25-11-12-26-23-10-9-22-17-21(24(18-31)28(32)33)13-15-29(22,4)27(23)14-16-30(25,26)5/h9,19-21,23-27H,6-8,10-18H2,1-5H3,(H,32,33)/t20-,21+,23+,24?,25-,26+,27+,29+,30-/m1/s1. The van der Waals surface area contributed by atoms with Crippen molar-refractivity contribution in [2.45, 2.75) is 105 Å². The third kappa shape index (κ3) is 4.56. The number of fused-ring (bicyclic) bond motifs is 5. The van der Waals surface area contributed by atoms with Crippen LogP contribution in [0.1, 0.15) is 105 Å². The molecule has 3 saturated carbocycles. The second-order valence-electron chi connectivity index (χ2n) is 13.4. The number of halogens is 1. The Kier molecular flexibility index (Phi) is 7.65. The van der Waals surface area contributed by atoms with Crippen LogP contribution in [0.3, 0.4) is 0 Å². The summed E-state index contributed by atoms with van der Waals surface area (Å²) in [7, 11) is 0. The van der Waals surface area contributed by atoms with Crippen molar-refractivity contribution < 1.29 is 9.90 Å². The van der Waals surface area contributed by atoms with Gasteiger partial charge in [-0.25, -0.2) is 0 Å². The summed E-state index contributed by atoms with van der Waals surface area (Å²) in [5.41, 5.74) is 2.40. The van der Waals surface area contributed by atoms with Gasteiger partial charge in [-0.2, -0.15) is 0 Å². The topological polar surface area (TPSA) is 37.3 Å². The van der Waals surface area contributed by atoms with Crippen LogP contribution >= 0.6 is 11.6 Å². The normalized spacial score (nSPS) is 42.2. The van der Waals surface area contributed by atoms with E-state index in [0.29, 0.717) is 5.41 Å². The number of rotatable bonds is 8. The fourth-order valence-electron chi connectivity index (χ4n) is 9.45. The molecule has 0 spiro atoms. The molecule has 9 atom stereocenters. The van der Waals surface area contributed by atoms with Crippen LogP contribution in [-0.4, -0.2) is 17.0 Å². The molecule has 0 aromatic carbocycles. The molecular formula is C30H49ClO2. The summed E-state index contributed by atoms with van der Waals surface area (Å²) in [5.74, 6) is 4.47. The van der Waals surface area contributed by atoms with E-state index in [1.807, 2.05) is 0 Å². The van der Waals surface area contributed by atoms with Crippen molar-refractivity contribution in [2.24, 2.45) is 58.2 Å². The first-order valence-electron chi connectivity index (χ1n) is 14.1. The highest BCUT2D eigenvalue weighted by atomic mass is 35.5. The minimum absolute atomic E-state index is 0.215. The molecule has 4 aliphatic carbocycles. The first kappa shape index (κ1) is 25.6. The number of alkyl halides is 1. The molecule has 0 radical (unpaired) electrons. The maximum Gasteiger partial charge on any atom is 0.307 e. The molecule has 0 aliphatic heterocycles. The molecule has 3 fully saturated rings. The van der Waals surface area contributed by atoms with E-state index in [9.17, 15) is 9.90 Å². The number of carbonyl (C=O) groups is 1. The van der Waals surface area contributed by atoms with E-state index in [0.717, 1.165) is 54.8 Å². The minimum Gasteiger partial charge on any atom is -0.481 e. The molecule has 2 nitrogen and oxygen atoms in total. The molecule has 4 rings (SSSR count). The van der Waals surface area contributed by atoms with Gasteiger partial charge >= 0.3 is 5.97 Å². The maximum absolute atomic E-state index is 11.7. The number of allylic oxidation sites excluding steroid dienone is 2. The molecule has 0 aromatic rings. The molecule has 3 heteroatoms. The van der Waals surface area contributed by atoms with E-state index in [2.05, 4.69) is 40.7 Å². The molecule has 0 heterocycles. The molecule has 0 bridgehead atoms. The van der Waals surface area contributed by atoms with Crippen LogP contribution in [0.5, 0.6) is 0 Å². The monoisotopic (exact) mass is 476 g/mol. The first-order chi connectivity index (χ1) is 15.6. The molecule has 1 unspecified atom stereocenters. The Morgan fingerprint density at radius 1 is 1.09 bits per heavy atom. The molecule has 33 heavy (non-hydrogen) atoms. The van der Waals surface area contributed by atoms with Crippen LogP contribution in [0.4, 0.5) is 0 Å². The van der Waals surface area contributed by atoms with E-state index < -0.39 is 11.9 Å². The van der Waals surface area contributed by atoms with Gasteiger partial charge in [0, 0.05) is 5.88 Å². The summed E-state index contributed by atoms with van der Waals surface area (Å²) in [6.45, 7) is 12.5. The van der Waals surface area contributed by atoms with Gasteiger partial charge in [0.05, 0.1) is 5.92 Å². The van der Waals surface area contributed by atoms with Gasteiger partial charge in [-0.05, 0) is 104 Å². The largest absolute Gasteiger partial charge is 0.481 e. The average Bonchev–Trinajstić information content (AvgIpc) is 3.11. The highest BCUT2D eigenvalue weighted by Crippen LogP contribution is 2.67. The van der Waals surface area contributed by atoms with Gasteiger partial charge in [-0.15, -0.1) is 11.6 Å². The Bertz CT molecular complexity index is 744. The Morgan fingerprint density at radius 2 is 1.85 bits per heavy atom. The second kappa shape index (κ2) is 9.87. The van der Waals surface area contributed by atoms with Crippen LogP contribution in [0.15, 0.2) is 11.6 Å². The van der Waals surface area contributed by atoms with Gasteiger partial charge in [0.15, 0.2) is 0 Å². The van der Waals surface area contributed by atoms with Crippen molar-refractivity contribution in [3.8, 4) is 0 Å². The lowest BCUT2D eigenvalue weighted by atomic mass is 9.46. The van der Waals surface area contributed by atoms with E-state index in [4.69, 9.17) is 11.6 Å². The maximum atomic E-state index is 11.7. The van der Waals surface area contributed by atoms with Crippen molar-refractivity contribution in [1.82, 2.24) is 0 Å².